The van der Waals surface area contributed by atoms with Crippen molar-refractivity contribution in [3.63, 3.8) is 0 Å². The zero-order chi connectivity index (χ0) is 13.7. The molecule has 0 spiro atoms. The number of anilines is 1. The summed E-state index contributed by atoms with van der Waals surface area (Å²) in [5.74, 6) is 0.503. The van der Waals surface area contributed by atoms with Crippen LogP contribution in [0, 0.1) is 5.92 Å². The Morgan fingerprint density at radius 3 is 2.89 bits per heavy atom. The van der Waals surface area contributed by atoms with Gasteiger partial charge >= 0.3 is 0 Å². The van der Waals surface area contributed by atoms with Gasteiger partial charge in [0, 0.05) is 25.5 Å². The zero-order valence-corrected chi connectivity index (χ0v) is 11.6. The maximum absolute atomic E-state index is 12.0. The highest BCUT2D eigenvalue weighted by Crippen LogP contribution is 2.15. The number of hydrogen-bond acceptors (Lipinski definition) is 4. The van der Waals surface area contributed by atoms with Crippen LogP contribution in [0.25, 0.3) is 0 Å². The van der Waals surface area contributed by atoms with Crippen LogP contribution in [0.5, 0.6) is 0 Å². The van der Waals surface area contributed by atoms with E-state index in [0.29, 0.717) is 11.6 Å². The SMILES string of the molecule is CNc1ccnc(C(=O)NCC2CCN(C)CC2)c1. The summed E-state index contributed by atoms with van der Waals surface area (Å²) in [6.45, 7) is 2.99. The van der Waals surface area contributed by atoms with E-state index in [0.717, 1.165) is 38.2 Å². The lowest BCUT2D eigenvalue weighted by molar-refractivity contribution is 0.0934. The molecule has 5 heteroatoms. The van der Waals surface area contributed by atoms with Gasteiger partial charge in [-0.3, -0.25) is 9.78 Å². The summed E-state index contributed by atoms with van der Waals surface area (Å²) in [6, 6.07) is 3.61. The highest BCUT2D eigenvalue weighted by atomic mass is 16.1. The van der Waals surface area contributed by atoms with Gasteiger partial charge in [0.1, 0.15) is 5.69 Å². The molecule has 0 atom stereocenters. The predicted molar refractivity (Wildman–Crippen MR) is 76.3 cm³/mol. The number of amides is 1. The first-order valence-electron chi connectivity index (χ1n) is 6.79. The average Bonchev–Trinajstić information content (AvgIpc) is 2.46. The fourth-order valence-corrected chi connectivity index (χ4v) is 2.30. The lowest BCUT2D eigenvalue weighted by Crippen LogP contribution is -2.37. The Bertz CT molecular complexity index is 427. The molecule has 2 heterocycles. The van der Waals surface area contributed by atoms with Gasteiger partial charge in [-0.05, 0) is 51.0 Å². The molecule has 1 aliphatic heterocycles. The summed E-state index contributed by atoms with van der Waals surface area (Å²) >= 11 is 0. The van der Waals surface area contributed by atoms with Gasteiger partial charge in [0.05, 0.1) is 0 Å². The number of likely N-dealkylation sites (tertiary alicyclic amines) is 1. The van der Waals surface area contributed by atoms with E-state index in [4.69, 9.17) is 0 Å². The van der Waals surface area contributed by atoms with Crippen LogP contribution in [-0.4, -0.2) is 49.5 Å². The zero-order valence-electron chi connectivity index (χ0n) is 11.6. The van der Waals surface area contributed by atoms with Crippen LogP contribution in [0.1, 0.15) is 23.3 Å². The van der Waals surface area contributed by atoms with Crippen LogP contribution in [0.15, 0.2) is 18.3 Å². The number of rotatable bonds is 4. The molecule has 1 fully saturated rings. The molecule has 0 saturated carbocycles. The van der Waals surface area contributed by atoms with E-state index in [9.17, 15) is 4.79 Å². The molecule has 0 aromatic carbocycles. The van der Waals surface area contributed by atoms with Crippen LogP contribution >= 0.6 is 0 Å². The van der Waals surface area contributed by atoms with Crippen molar-refractivity contribution < 1.29 is 4.79 Å². The van der Waals surface area contributed by atoms with Crippen molar-refractivity contribution in [2.24, 2.45) is 5.92 Å². The van der Waals surface area contributed by atoms with Gasteiger partial charge in [0.15, 0.2) is 0 Å². The van der Waals surface area contributed by atoms with Crippen LogP contribution in [0.3, 0.4) is 0 Å². The Hall–Kier alpha value is -1.62. The Morgan fingerprint density at radius 2 is 2.21 bits per heavy atom. The molecule has 0 radical (unpaired) electrons. The topological polar surface area (TPSA) is 57.3 Å². The molecule has 104 valence electrons. The van der Waals surface area contributed by atoms with Gasteiger partial charge in [-0.25, -0.2) is 0 Å². The maximum atomic E-state index is 12.0. The smallest absolute Gasteiger partial charge is 0.269 e. The second-order valence-electron chi connectivity index (χ2n) is 5.14. The number of hydrogen-bond donors (Lipinski definition) is 2. The number of nitrogens with zero attached hydrogens (tertiary/aromatic N) is 2. The van der Waals surface area contributed by atoms with E-state index in [1.165, 1.54) is 0 Å². The second-order valence-corrected chi connectivity index (χ2v) is 5.14. The summed E-state index contributed by atoms with van der Waals surface area (Å²) in [5, 5.41) is 5.99. The third-order valence-corrected chi connectivity index (χ3v) is 3.67. The molecule has 5 nitrogen and oxygen atoms in total. The molecular formula is C14H22N4O. The lowest BCUT2D eigenvalue weighted by atomic mass is 9.97. The van der Waals surface area contributed by atoms with Gasteiger partial charge in [0.2, 0.25) is 0 Å². The fourth-order valence-electron chi connectivity index (χ4n) is 2.30. The quantitative estimate of drug-likeness (QED) is 0.856. The van der Waals surface area contributed by atoms with Gasteiger partial charge < -0.3 is 15.5 Å². The highest BCUT2D eigenvalue weighted by molar-refractivity contribution is 5.93. The van der Waals surface area contributed by atoms with Crippen molar-refractivity contribution in [3.8, 4) is 0 Å². The minimum Gasteiger partial charge on any atom is -0.388 e. The number of piperidine rings is 1. The number of aromatic nitrogens is 1. The van der Waals surface area contributed by atoms with Gasteiger partial charge in [-0.15, -0.1) is 0 Å². The molecule has 0 aliphatic carbocycles. The van der Waals surface area contributed by atoms with E-state index in [1.54, 1.807) is 12.3 Å². The summed E-state index contributed by atoms with van der Waals surface area (Å²) < 4.78 is 0. The number of carbonyl (C=O) groups excluding carboxylic acids is 1. The van der Waals surface area contributed by atoms with E-state index < -0.39 is 0 Å². The molecule has 0 unspecified atom stereocenters. The summed E-state index contributed by atoms with van der Waals surface area (Å²) in [6.07, 6.45) is 3.96. The number of pyridine rings is 1. The Balaban J connectivity index is 1.83. The van der Waals surface area contributed by atoms with Crippen molar-refractivity contribution in [2.45, 2.75) is 12.8 Å². The van der Waals surface area contributed by atoms with Crippen molar-refractivity contribution in [1.82, 2.24) is 15.2 Å². The Labute approximate surface area is 114 Å². The second kappa shape index (κ2) is 6.52. The summed E-state index contributed by atoms with van der Waals surface area (Å²) in [7, 11) is 3.97. The first kappa shape index (κ1) is 13.8. The monoisotopic (exact) mass is 262 g/mol. The Morgan fingerprint density at radius 1 is 1.47 bits per heavy atom. The van der Waals surface area contributed by atoms with Crippen LogP contribution < -0.4 is 10.6 Å². The molecule has 1 aromatic rings. The van der Waals surface area contributed by atoms with Gasteiger partial charge in [-0.2, -0.15) is 0 Å². The molecule has 2 rings (SSSR count). The lowest BCUT2D eigenvalue weighted by Gasteiger charge is -2.28. The molecule has 1 aromatic heterocycles. The minimum atomic E-state index is -0.0870. The maximum Gasteiger partial charge on any atom is 0.269 e. The molecule has 0 bridgehead atoms. The van der Waals surface area contributed by atoms with Gasteiger partial charge in [0.25, 0.3) is 5.91 Å². The molecule has 19 heavy (non-hydrogen) atoms. The molecule has 2 N–H and O–H groups in total. The number of carbonyl (C=O) groups is 1. The summed E-state index contributed by atoms with van der Waals surface area (Å²) in [5.41, 5.74) is 1.37. The first-order valence-corrected chi connectivity index (χ1v) is 6.79. The predicted octanol–water partition coefficient (Wildman–Crippen LogP) is 1.19. The van der Waals surface area contributed by atoms with Crippen molar-refractivity contribution >= 4 is 11.6 Å². The summed E-state index contributed by atoms with van der Waals surface area (Å²) in [4.78, 5) is 18.4. The van der Waals surface area contributed by atoms with Crippen LogP contribution in [-0.2, 0) is 0 Å². The minimum absolute atomic E-state index is 0.0870. The van der Waals surface area contributed by atoms with E-state index in [-0.39, 0.29) is 5.91 Å². The third-order valence-electron chi connectivity index (χ3n) is 3.67. The molecular weight excluding hydrogens is 240 g/mol. The van der Waals surface area contributed by atoms with Gasteiger partial charge in [-0.1, -0.05) is 0 Å². The Kier molecular flexibility index (Phi) is 4.74. The van der Waals surface area contributed by atoms with Crippen molar-refractivity contribution in [3.05, 3.63) is 24.0 Å². The van der Waals surface area contributed by atoms with Crippen LogP contribution in [0.2, 0.25) is 0 Å². The highest BCUT2D eigenvalue weighted by Gasteiger charge is 2.17. The standard InChI is InChI=1S/C14H22N4O/c1-15-12-3-6-16-13(9-12)14(19)17-10-11-4-7-18(2)8-5-11/h3,6,9,11H,4-5,7-8,10H2,1-2H3,(H,15,16)(H,17,19). The van der Waals surface area contributed by atoms with Crippen molar-refractivity contribution in [2.75, 3.05) is 39.0 Å². The fraction of sp³-hybridized carbons (Fsp3) is 0.571. The van der Waals surface area contributed by atoms with E-state index in [1.807, 2.05) is 13.1 Å². The first-order chi connectivity index (χ1) is 9.19. The average molecular weight is 262 g/mol. The van der Waals surface area contributed by atoms with E-state index >= 15 is 0 Å². The number of nitrogens with one attached hydrogen (secondary N) is 2. The largest absolute Gasteiger partial charge is 0.388 e. The van der Waals surface area contributed by atoms with Crippen molar-refractivity contribution in [1.29, 1.82) is 0 Å². The molecule has 1 aliphatic rings. The normalized spacial score (nSPS) is 17.2. The molecule has 1 amide bonds. The van der Waals surface area contributed by atoms with E-state index in [2.05, 4.69) is 27.6 Å². The third kappa shape index (κ3) is 3.92. The van der Waals surface area contributed by atoms with Crippen LogP contribution in [0.4, 0.5) is 5.69 Å². The molecule has 1 saturated heterocycles.